The zero-order valence-corrected chi connectivity index (χ0v) is 7.00. The second-order valence-corrected chi connectivity index (χ2v) is 3.25. The second-order valence-electron chi connectivity index (χ2n) is 1.69. The van der Waals surface area contributed by atoms with E-state index >= 15 is 0 Å². The van der Waals surface area contributed by atoms with Crippen LogP contribution in [-0.4, -0.2) is 4.83 Å². The van der Waals surface area contributed by atoms with Crippen molar-refractivity contribution >= 4 is 31.9 Å². The Kier molecular flexibility index (Phi) is 1.93. The van der Waals surface area contributed by atoms with E-state index in [1.54, 1.807) is 0 Å². The summed E-state index contributed by atoms with van der Waals surface area (Å²) in [6.45, 7) is 0. The zero-order valence-electron chi connectivity index (χ0n) is 3.82. The Bertz CT molecular complexity index is 96.3. The normalized spacial score (nSPS) is 35.7. The highest BCUT2D eigenvalue weighted by atomic mass is 79.9. The Morgan fingerprint density at radius 2 is 2.43 bits per heavy atom. The third kappa shape index (κ3) is 1.08. The van der Waals surface area contributed by atoms with Gasteiger partial charge in [0.05, 0.1) is 0 Å². The van der Waals surface area contributed by atoms with Gasteiger partial charge < -0.3 is 0 Å². The number of rotatable bonds is 0. The Labute approximate surface area is 60.2 Å². The maximum absolute atomic E-state index is 3.49. The summed E-state index contributed by atoms with van der Waals surface area (Å²) >= 11 is 6.76. The molecule has 40 valence electrons. The smallest absolute Gasteiger partial charge is 0.0365 e. The highest BCUT2D eigenvalue weighted by Gasteiger charge is 2.19. The summed E-state index contributed by atoms with van der Waals surface area (Å²) in [6, 6.07) is 0. The summed E-state index contributed by atoms with van der Waals surface area (Å²) in [6.07, 6.45) is 2.57. The molecular weight excluding hydrogens is 220 g/mol. The second kappa shape index (κ2) is 2.31. The van der Waals surface area contributed by atoms with Crippen LogP contribution in [0.4, 0.5) is 0 Å². The number of halogens is 2. The van der Waals surface area contributed by atoms with Gasteiger partial charge in [0.15, 0.2) is 0 Å². The number of hydrogen-bond donors (Lipinski definition) is 0. The molecule has 1 atom stereocenters. The molecule has 2 heteroatoms. The number of allylic oxidation sites excluding steroid dienone is 1. The lowest BCUT2D eigenvalue weighted by Gasteiger charge is -2.22. The van der Waals surface area contributed by atoms with E-state index in [4.69, 9.17) is 0 Å². The van der Waals surface area contributed by atoms with Gasteiger partial charge in [0.2, 0.25) is 0 Å². The molecule has 0 heterocycles. The summed E-state index contributed by atoms with van der Waals surface area (Å²) < 4.78 is 0. The molecule has 0 aromatic carbocycles. The molecule has 0 spiro atoms. The molecule has 1 unspecified atom stereocenters. The van der Waals surface area contributed by atoms with Gasteiger partial charge in [0.1, 0.15) is 0 Å². The minimum Gasteiger partial charge on any atom is -0.0842 e. The maximum Gasteiger partial charge on any atom is 0.0365 e. The van der Waals surface area contributed by atoms with Crippen LogP contribution in [0.1, 0.15) is 12.8 Å². The Morgan fingerprint density at radius 1 is 1.71 bits per heavy atom. The van der Waals surface area contributed by atoms with Crippen molar-refractivity contribution in [3.63, 3.8) is 0 Å². The van der Waals surface area contributed by atoms with E-state index < -0.39 is 0 Å². The van der Waals surface area contributed by atoms with Crippen LogP contribution in [0.25, 0.3) is 0 Å². The fraction of sp³-hybridized carbons (Fsp3) is 0.600. The van der Waals surface area contributed by atoms with Gasteiger partial charge in [-0.15, -0.1) is 0 Å². The van der Waals surface area contributed by atoms with Gasteiger partial charge in [-0.1, -0.05) is 31.9 Å². The van der Waals surface area contributed by atoms with E-state index in [1.807, 2.05) is 4.99 Å². The molecule has 1 fully saturated rings. The Balaban J connectivity index is 2.44. The van der Waals surface area contributed by atoms with Gasteiger partial charge in [0, 0.05) is 4.83 Å². The molecule has 0 N–H and O–H groups in total. The van der Waals surface area contributed by atoms with Gasteiger partial charge in [-0.3, -0.25) is 0 Å². The molecule has 0 saturated heterocycles. The minimum atomic E-state index is 0.673. The molecule has 0 aromatic heterocycles. The lowest BCUT2D eigenvalue weighted by Crippen LogP contribution is -2.13. The first-order valence-corrected chi connectivity index (χ1v) is 4.11. The van der Waals surface area contributed by atoms with Crippen molar-refractivity contribution in [2.75, 3.05) is 0 Å². The number of alkyl halides is 1. The topological polar surface area (TPSA) is 0 Å². The molecule has 0 nitrogen and oxygen atoms in total. The quantitative estimate of drug-likeness (QED) is 0.557. The van der Waals surface area contributed by atoms with Crippen LogP contribution in [0.15, 0.2) is 10.6 Å². The molecule has 7 heavy (non-hydrogen) atoms. The van der Waals surface area contributed by atoms with Gasteiger partial charge in [0.25, 0.3) is 0 Å². The lowest BCUT2D eigenvalue weighted by atomic mass is 9.94. The van der Waals surface area contributed by atoms with Crippen molar-refractivity contribution in [3.8, 4) is 0 Å². The first-order valence-electron chi connectivity index (χ1n) is 2.28. The molecule has 0 amide bonds. The van der Waals surface area contributed by atoms with Crippen molar-refractivity contribution in [1.29, 1.82) is 0 Å². The summed E-state index contributed by atoms with van der Waals surface area (Å²) in [5.41, 5.74) is 1.49. The van der Waals surface area contributed by atoms with Gasteiger partial charge in [-0.2, -0.15) is 0 Å². The third-order valence-electron chi connectivity index (χ3n) is 1.23. The number of hydrogen-bond acceptors (Lipinski definition) is 0. The van der Waals surface area contributed by atoms with Crippen molar-refractivity contribution < 1.29 is 0 Å². The highest BCUT2D eigenvalue weighted by molar-refractivity contribution is 9.11. The van der Waals surface area contributed by atoms with Crippen molar-refractivity contribution in [2.45, 2.75) is 17.7 Å². The highest BCUT2D eigenvalue weighted by Crippen LogP contribution is 2.33. The van der Waals surface area contributed by atoms with Crippen molar-refractivity contribution in [1.82, 2.24) is 0 Å². The summed E-state index contributed by atoms with van der Waals surface area (Å²) in [5.74, 6) is 0. The Hall–Kier alpha value is 0.700. The standard InChI is InChI=1S/C5H6Br2/c6-3-4-1-2-5(4)7/h3,5H,1-2H2/b4-3-. The van der Waals surface area contributed by atoms with Crippen LogP contribution in [0.3, 0.4) is 0 Å². The molecule has 0 radical (unpaired) electrons. The van der Waals surface area contributed by atoms with Crippen molar-refractivity contribution in [3.05, 3.63) is 10.6 Å². The first kappa shape index (κ1) is 5.83. The summed E-state index contributed by atoms with van der Waals surface area (Å²) in [4.78, 5) is 2.68. The van der Waals surface area contributed by atoms with E-state index in [0.29, 0.717) is 4.83 Å². The van der Waals surface area contributed by atoms with Crippen LogP contribution in [0, 0.1) is 0 Å². The van der Waals surface area contributed by atoms with Crippen LogP contribution in [0.2, 0.25) is 0 Å². The van der Waals surface area contributed by atoms with E-state index in [2.05, 4.69) is 31.9 Å². The van der Waals surface area contributed by atoms with E-state index in [9.17, 15) is 0 Å². The minimum absolute atomic E-state index is 0.673. The molecule has 1 aliphatic rings. The molecule has 0 aliphatic heterocycles. The zero-order chi connectivity index (χ0) is 5.28. The van der Waals surface area contributed by atoms with Gasteiger partial charge in [-0.25, -0.2) is 0 Å². The average molecular weight is 226 g/mol. The van der Waals surface area contributed by atoms with Gasteiger partial charge >= 0.3 is 0 Å². The van der Waals surface area contributed by atoms with E-state index in [-0.39, 0.29) is 0 Å². The summed E-state index contributed by atoms with van der Waals surface area (Å²) in [5, 5.41) is 0. The molecule has 0 bridgehead atoms. The van der Waals surface area contributed by atoms with Crippen LogP contribution >= 0.6 is 31.9 Å². The predicted molar refractivity (Wildman–Crippen MR) is 39.0 cm³/mol. The van der Waals surface area contributed by atoms with Crippen LogP contribution in [0.5, 0.6) is 0 Å². The first-order chi connectivity index (χ1) is 3.34. The van der Waals surface area contributed by atoms with E-state index in [0.717, 1.165) is 0 Å². The fourth-order valence-electron chi connectivity index (χ4n) is 0.543. The average Bonchev–Trinajstić information content (AvgIpc) is 1.65. The molecule has 1 rings (SSSR count). The van der Waals surface area contributed by atoms with Crippen LogP contribution < -0.4 is 0 Å². The lowest BCUT2D eigenvalue weighted by molar-refractivity contribution is 0.693. The predicted octanol–water partition coefficient (Wildman–Crippen LogP) is 2.82. The molecule has 1 aliphatic carbocycles. The molecular formula is C5H6Br2. The van der Waals surface area contributed by atoms with Crippen molar-refractivity contribution in [2.24, 2.45) is 0 Å². The van der Waals surface area contributed by atoms with E-state index in [1.165, 1.54) is 18.4 Å². The molecule has 0 aromatic rings. The third-order valence-corrected chi connectivity index (χ3v) is 2.86. The fourth-order valence-corrected chi connectivity index (χ4v) is 2.04. The Morgan fingerprint density at radius 3 is 2.43 bits per heavy atom. The summed E-state index contributed by atoms with van der Waals surface area (Å²) in [7, 11) is 0. The van der Waals surface area contributed by atoms with Gasteiger partial charge in [-0.05, 0) is 23.4 Å². The largest absolute Gasteiger partial charge is 0.0842 e. The van der Waals surface area contributed by atoms with Crippen LogP contribution in [-0.2, 0) is 0 Å². The molecule has 1 saturated carbocycles. The maximum atomic E-state index is 3.49. The monoisotopic (exact) mass is 224 g/mol. The SMILES string of the molecule is Br/C=C1/CCC1Br.